The number of rotatable bonds is 4. The highest BCUT2D eigenvalue weighted by Crippen LogP contribution is 2.24. The summed E-state index contributed by atoms with van der Waals surface area (Å²) in [5, 5.41) is 3.16. The molecule has 0 spiro atoms. The third kappa shape index (κ3) is 4.55. The summed E-state index contributed by atoms with van der Waals surface area (Å²) in [5.41, 5.74) is 8.23. The molecule has 1 heterocycles. The van der Waals surface area contributed by atoms with Crippen LogP contribution in [0.3, 0.4) is 0 Å². The molecule has 26 heavy (non-hydrogen) atoms. The van der Waals surface area contributed by atoms with Crippen LogP contribution in [0, 0.1) is 0 Å². The molecule has 2 aromatic carbocycles. The zero-order valence-electron chi connectivity index (χ0n) is 14.5. The van der Waals surface area contributed by atoms with Crippen LogP contribution in [0.2, 0.25) is 5.02 Å². The average molecular weight is 372 g/mol. The predicted octanol–water partition coefficient (Wildman–Crippen LogP) is 3.73. The lowest BCUT2D eigenvalue weighted by molar-refractivity contribution is -0.115. The standard InChI is InChI=1S/C20H22ClN3O2/c21-18-13-16(23-19(25)12-14-4-6-15(22)7-5-14)8-9-17(18)20(26)24-10-2-1-3-11-24/h4-9,13H,1-3,10-12,22H2,(H,23,25). The van der Waals surface area contributed by atoms with E-state index in [4.69, 9.17) is 17.3 Å². The van der Waals surface area contributed by atoms with E-state index in [9.17, 15) is 9.59 Å². The van der Waals surface area contributed by atoms with Crippen LogP contribution < -0.4 is 11.1 Å². The fourth-order valence-corrected chi connectivity index (χ4v) is 3.32. The van der Waals surface area contributed by atoms with Gasteiger partial charge in [0.2, 0.25) is 5.91 Å². The number of carbonyl (C=O) groups is 2. The molecule has 0 saturated carbocycles. The Hall–Kier alpha value is -2.53. The molecule has 5 nitrogen and oxygen atoms in total. The van der Waals surface area contributed by atoms with Gasteiger partial charge in [-0.25, -0.2) is 0 Å². The fourth-order valence-electron chi connectivity index (χ4n) is 3.06. The van der Waals surface area contributed by atoms with E-state index in [1.165, 1.54) is 0 Å². The number of likely N-dealkylation sites (tertiary alicyclic amines) is 1. The Bertz CT molecular complexity index is 799. The molecule has 6 heteroatoms. The SMILES string of the molecule is Nc1ccc(CC(=O)Nc2ccc(C(=O)N3CCCCC3)c(Cl)c2)cc1. The predicted molar refractivity (Wildman–Crippen MR) is 104 cm³/mol. The van der Waals surface area contributed by atoms with Gasteiger partial charge in [0.1, 0.15) is 0 Å². The van der Waals surface area contributed by atoms with Crippen molar-refractivity contribution in [3.8, 4) is 0 Å². The van der Waals surface area contributed by atoms with Gasteiger partial charge in [-0.1, -0.05) is 23.7 Å². The fraction of sp³-hybridized carbons (Fsp3) is 0.300. The first-order chi connectivity index (χ1) is 12.5. The Kier molecular flexibility index (Phi) is 5.78. The zero-order valence-corrected chi connectivity index (χ0v) is 15.3. The highest BCUT2D eigenvalue weighted by atomic mass is 35.5. The van der Waals surface area contributed by atoms with E-state index in [2.05, 4.69) is 5.32 Å². The summed E-state index contributed by atoms with van der Waals surface area (Å²) in [4.78, 5) is 26.6. The second-order valence-corrected chi connectivity index (χ2v) is 6.92. The minimum atomic E-state index is -0.152. The molecule has 1 saturated heterocycles. The molecule has 2 aromatic rings. The van der Waals surface area contributed by atoms with Gasteiger partial charge in [-0.15, -0.1) is 0 Å². The highest BCUT2D eigenvalue weighted by Gasteiger charge is 2.20. The topological polar surface area (TPSA) is 75.4 Å². The lowest BCUT2D eigenvalue weighted by Gasteiger charge is -2.27. The molecule has 136 valence electrons. The van der Waals surface area contributed by atoms with E-state index in [0.29, 0.717) is 22.0 Å². The summed E-state index contributed by atoms with van der Waals surface area (Å²) in [6.07, 6.45) is 3.47. The van der Waals surface area contributed by atoms with E-state index < -0.39 is 0 Å². The third-order valence-corrected chi connectivity index (χ3v) is 4.78. The van der Waals surface area contributed by atoms with Gasteiger partial charge in [-0.2, -0.15) is 0 Å². The molecule has 3 rings (SSSR count). The number of hydrogen-bond acceptors (Lipinski definition) is 3. The molecule has 1 aliphatic rings. The Balaban J connectivity index is 1.64. The molecule has 0 unspecified atom stereocenters. The van der Waals surface area contributed by atoms with Gasteiger partial charge >= 0.3 is 0 Å². The highest BCUT2D eigenvalue weighted by molar-refractivity contribution is 6.34. The van der Waals surface area contributed by atoms with Crippen LogP contribution in [0.5, 0.6) is 0 Å². The van der Waals surface area contributed by atoms with Gasteiger partial charge in [0.15, 0.2) is 0 Å². The number of carbonyl (C=O) groups excluding carboxylic acids is 2. The Morgan fingerprint density at radius 3 is 2.38 bits per heavy atom. The molecule has 0 radical (unpaired) electrons. The van der Waals surface area contributed by atoms with Crippen LogP contribution in [-0.4, -0.2) is 29.8 Å². The first-order valence-corrected chi connectivity index (χ1v) is 9.14. The van der Waals surface area contributed by atoms with Crippen molar-refractivity contribution in [3.63, 3.8) is 0 Å². The minimum Gasteiger partial charge on any atom is -0.399 e. The Labute approximate surface area is 158 Å². The number of benzene rings is 2. The summed E-state index contributed by atoms with van der Waals surface area (Å²) in [5.74, 6) is -0.199. The van der Waals surface area contributed by atoms with Gasteiger partial charge in [-0.3, -0.25) is 9.59 Å². The van der Waals surface area contributed by atoms with Crippen LogP contribution in [0.15, 0.2) is 42.5 Å². The molecule has 1 aliphatic heterocycles. The number of nitrogen functional groups attached to an aromatic ring is 1. The normalized spacial score (nSPS) is 14.1. The Morgan fingerprint density at radius 1 is 1.04 bits per heavy atom. The molecule has 2 amide bonds. The van der Waals surface area contributed by atoms with Crippen molar-refractivity contribution in [2.24, 2.45) is 0 Å². The minimum absolute atomic E-state index is 0.0468. The van der Waals surface area contributed by atoms with E-state index in [0.717, 1.165) is 37.9 Å². The second-order valence-electron chi connectivity index (χ2n) is 6.51. The lowest BCUT2D eigenvalue weighted by Crippen LogP contribution is -2.35. The number of halogens is 1. The second kappa shape index (κ2) is 8.23. The molecule has 0 aromatic heterocycles. The van der Waals surface area contributed by atoms with Crippen LogP contribution in [-0.2, 0) is 11.2 Å². The number of hydrogen-bond donors (Lipinski definition) is 2. The number of nitrogens with zero attached hydrogens (tertiary/aromatic N) is 1. The maximum Gasteiger partial charge on any atom is 0.255 e. The quantitative estimate of drug-likeness (QED) is 0.804. The van der Waals surface area contributed by atoms with Crippen molar-refractivity contribution in [2.75, 3.05) is 24.1 Å². The summed E-state index contributed by atoms with van der Waals surface area (Å²) in [6, 6.07) is 12.2. The van der Waals surface area contributed by atoms with Crippen LogP contribution in [0.1, 0.15) is 35.2 Å². The van der Waals surface area contributed by atoms with Crippen molar-refractivity contribution in [3.05, 3.63) is 58.6 Å². The number of piperidine rings is 1. The molecule has 3 N–H and O–H groups in total. The number of nitrogens with two attached hydrogens (primary N) is 1. The van der Waals surface area contributed by atoms with Crippen molar-refractivity contribution in [1.82, 2.24) is 4.90 Å². The summed E-state index contributed by atoms with van der Waals surface area (Å²) in [6.45, 7) is 1.55. The van der Waals surface area contributed by atoms with E-state index in [1.807, 2.05) is 17.0 Å². The number of anilines is 2. The molecular weight excluding hydrogens is 350 g/mol. The van der Waals surface area contributed by atoms with Gasteiger partial charge in [0.05, 0.1) is 17.0 Å². The zero-order chi connectivity index (χ0) is 18.5. The maximum atomic E-state index is 12.6. The van der Waals surface area contributed by atoms with Gasteiger partial charge in [-0.05, 0) is 55.2 Å². The lowest BCUT2D eigenvalue weighted by atomic mass is 10.1. The van der Waals surface area contributed by atoms with Gasteiger partial charge in [0, 0.05) is 24.5 Å². The monoisotopic (exact) mass is 371 g/mol. The largest absolute Gasteiger partial charge is 0.399 e. The number of amides is 2. The molecule has 0 bridgehead atoms. The van der Waals surface area contributed by atoms with Crippen LogP contribution in [0.4, 0.5) is 11.4 Å². The van der Waals surface area contributed by atoms with Crippen molar-refractivity contribution < 1.29 is 9.59 Å². The van der Waals surface area contributed by atoms with Gasteiger partial charge in [0.25, 0.3) is 5.91 Å². The van der Waals surface area contributed by atoms with E-state index >= 15 is 0 Å². The van der Waals surface area contributed by atoms with Crippen LogP contribution in [0.25, 0.3) is 0 Å². The Morgan fingerprint density at radius 2 is 1.73 bits per heavy atom. The summed E-state index contributed by atoms with van der Waals surface area (Å²) >= 11 is 6.29. The van der Waals surface area contributed by atoms with Crippen molar-refractivity contribution in [1.29, 1.82) is 0 Å². The molecular formula is C20H22ClN3O2. The molecule has 1 fully saturated rings. The smallest absolute Gasteiger partial charge is 0.255 e. The number of nitrogens with one attached hydrogen (secondary N) is 1. The average Bonchev–Trinajstić information content (AvgIpc) is 2.64. The first kappa shape index (κ1) is 18.3. The van der Waals surface area contributed by atoms with Crippen LogP contribution >= 0.6 is 11.6 Å². The maximum absolute atomic E-state index is 12.6. The molecule has 0 atom stereocenters. The van der Waals surface area contributed by atoms with Crippen molar-refractivity contribution >= 4 is 34.8 Å². The summed E-state index contributed by atoms with van der Waals surface area (Å²) in [7, 11) is 0. The first-order valence-electron chi connectivity index (χ1n) is 8.76. The van der Waals surface area contributed by atoms with Crippen molar-refractivity contribution in [2.45, 2.75) is 25.7 Å². The third-order valence-electron chi connectivity index (χ3n) is 4.47. The van der Waals surface area contributed by atoms with Gasteiger partial charge < -0.3 is 16.0 Å². The van der Waals surface area contributed by atoms with E-state index in [1.54, 1.807) is 30.3 Å². The summed E-state index contributed by atoms with van der Waals surface area (Å²) < 4.78 is 0. The van der Waals surface area contributed by atoms with E-state index in [-0.39, 0.29) is 18.2 Å². The molecule has 0 aliphatic carbocycles.